The zero-order valence-corrected chi connectivity index (χ0v) is 12.1. The first-order valence-electron chi connectivity index (χ1n) is 6.12. The Bertz CT molecular complexity index is 617. The summed E-state index contributed by atoms with van der Waals surface area (Å²) in [6.07, 6.45) is 1.78. The molecule has 1 aromatic carbocycles. The lowest BCUT2D eigenvalue weighted by Crippen LogP contribution is -2.35. The Balaban J connectivity index is 1.88. The molecule has 0 saturated heterocycles. The molecule has 110 valence electrons. The van der Waals surface area contributed by atoms with Crippen LogP contribution in [0.25, 0.3) is 0 Å². The van der Waals surface area contributed by atoms with E-state index in [1.807, 2.05) is 0 Å². The molecule has 20 heavy (non-hydrogen) atoms. The molecule has 0 radical (unpaired) electrons. The predicted molar refractivity (Wildman–Crippen MR) is 72.3 cm³/mol. The molecule has 2 rings (SSSR count). The van der Waals surface area contributed by atoms with Gasteiger partial charge in [0.15, 0.2) is 0 Å². The standard InChI is InChI=1S/C12H14ClFN2O3S/c13-10-7-9(14)3-4-11(10)20(18,19)16-6-5-15-12(17)8-1-2-8/h3-4,7-8,16H,1-2,5-6H2,(H,15,17). The van der Waals surface area contributed by atoms with Crippen LogP contribution >= 0.6 is 11.6 Å². The predicted octanol–water partition coefficient (Wildman–Crippen LogP) is 1.28. The number of benzene rings is 1. The Morgan fingerprint density at radius 1 is 1.35 bits per heavy atom. The van der Waals surface area contributed by atoms with Gasteiger partial charge in [0.2, 0.25) is 15.9 Å². The van der Waals surface area contributed by atoms with Gasteiger partial charge in [0, 0.05) is 19.0 Å². The molecule has 0 unspecified atom stereocenters. The summed E-state index contributed by atoms with van der Waals surface area (Å²) in [6, 6.07) is 3.06. The van der Waals surface area contributed by atoms with E-state index in [1.54, 1.807) is 0 Å². The van der Waals surface area contributed by atoms with Gasteiger partial charge >= 0.3 is 0 Å². The first-order chi connectivity index (χ1) is 9.40. The lowest BCUT2D eigenvalue weighted by molar-refractivity contribution is -0.122. The number of carbonyl (C=O) groups is 1. The largest absolute Gasteiger partial charge is 0.355 e. The molecular formula is C12H14ClFN2O3S. The van der Waals surface area contributed by atoms with Crippen LogP contribution in [0.15, 0.2) is 23.1 Å². The zero-order chi connectivity index (χ0) is 14.8. The van der Waals surface area contributed by atoms with E-state index >= 15 is 0 Å². The van der Waals surface area contributed by atoms with Crippen LogP contribution in [-0.4, -0.2) is 27.4 Å². The van der Waals surface area contributed by atoms with E-state index in [9.17, 15) is 17.6 Å². The highest BCUT2D eigenvalue weighted by Gasteiger charge is 2.29. The van der Waals surface area contributed by atoms with Crippen molar-refractivity contribution in [2.24, 2.45) is 5.92 Å². The molecule has 1 aliphatic carbocycles. The van der Waals surface area contributed by atoms with Crippen LogP contribution in [-0.2, 0) is 14.8 Å². The van der Waals surface area contributed by atoms with Gasteiger partial charge in [0.25, 0.3) is 0 Å². The lowest BCUT2D eigenvalue weighted by Gasteiger charge is -2.09. The lowest BCUT2D eigenvalue weighted by atomic mass is 10.3. The van der Waals surface area contributed by atoms with E-state index in [4.69, 9.17) is 11.6 Å². The minimum Gasteiger partial charge on any atom is -0.355 e. The Hall–Kier alpha value is -1.18. The Kier molecular flexibility index (Phi) is 4.62. The van der Waals surface area contributed by atoms with E-state index in [2.05, 4.69) is 10.0 Å². The second-order valence-electron chi connectivity index (χ2n) is 4.54. The minimum atomic E-state index is -3.81. The summed E-state index contributed by atoms with van der Waals surface area (Å²) in [6.45, 7) is 0.252. The molecule has 2 N–H and O–H groups in total. The summed E-state index contributed by atoms with van der Waals surface area (Å²) >= 11 is 5.70. The van der Waals surface area contributed by atoms with E-state index in [0.29, 0.717) is 0 Å². The van der Waals surface area contributed by atoms with Crippen molar-refractivity contribution < 1.29 is 17.6 Å². The first-order valence-corrected chi connectivity index (χ1v) is 7.99. The topological polar surface area (TPSA) is 75.3 Å². The smallest absolute Gasteiger partial charge is 0.242 e. The maximum Gasteiger partial charge on any atom is 0.242 e. The fourth-order valence-electron chi connectivity index (χ4n) is 1.63. The fourth-order valence-corrected chi connectivity index (χ4v) is 3.19. The van der Waals surface area contributed by atoms with Crippen molar-refractivity contribution in [3.63, 3.8) is 0 Å². The zero-order valence-electron chi connectivity index (χ0n) is 10.5. The molecule has 1 amide bonds. The number of nitrogens with one attached hydrogen (secondary N) is 2. The summed E-state index contributed by atoms with van der Waals surface area (Å²) in [5.74, 6) is -0.576. The van der Waals surface area contributed by atoms with Crippen LogP contribution in [0.3, 0.4) is 0 Å². The van der Waals surface area contributed by atoms with Gasteiger partial charge in [-0.15, -0.1) is 0 Å². The molecule has 1 aromatic rings. The van der Waals surface area contributed by atoms with Crippen LogP contribution in [0.5, 0.6) is 0 Å². The van der Waals surface area contributed by atoms with Gasteiger partial charge in [0.05, 0.1) is 5.02 Å². The number of sulfonamides is 1. The van der Waals surface area contributed by atoms with Crippen molar-refractivity contribution in [1.29, 1.82) is 0 Å². The molecule has 0 atom stereocenters. The van der Waals surface area contributed by atoms with Crippen molar-refractivity contribution in [3.05, 3.63) is 29.0 Å². The third kappa shape index (κ3) is 3.91. The highest BCUT2D eigenvalue weighted by atomic mass is 35.5. The Morgan fingerprint density at radius 2 is 2.05 bits per heavy atom. The molecule has 0 heterocycles. The molecule has 0 spiro atoms. The molecule has 1 saturated carbocycles. The number of hydrogen-bond donors (Lipinski definition) is 2. The van der Waals surface area contributed by atoms with Gasteiger partial charge in [-0.1, -0.05) is 11.6 Å². The second kappa shape index (κ2) is 6.07. The Morgan fingerprint density at radius 3 is 2.65 bits per heavy atom. The second-order valence-corrected chi connectivity index (χ2v) is 6.68. The molecular weight excluding hydrogens is 307 g/mol. The third-order valence-corrected chi connectivity index (χ3v) is 4.79. The maximum absolute atomic E-state index is 12.9. The van der Waals surface area contributed by atoms with Crippen LogP contribution in [0.4, 0.5) is 4.39 Å². The van der Waals surface area contributed by atoms with Crippen LogP contribution in [0.1, 0.15) is 12.8 Å². The van der Waals surface area contributed by atoms with Crippen LogP contribution < -0.4 is 10.0 Å². The van der Waals surface area contributed by atoms with E-state index in [0.717, 1.165) is 31.0 Å². The number of hydrogen-bond acceptors (Lipinski definition) is 3. The van der Waals surface area contributed by atoms with Crippen molar-refractivity contribution in [1.82, 2.24) is 10.0 Å². The van der Waals surface area contributed by atoms with E-state index in [-0.39, 0.29) is 34.8 Å². The fraction of sp³-hybridized carbons (Fsp3) is 0.417. The Labute approximate surface area is 121 Å². The normalized spacial score (nSPS) is 15.1. The summed E-state index contributed by atoms with van der Waals surface area (Å²) in [7, 11) is -3.81. The highest BCUT2D eigenvalue weighted by Crippen LogP contribution is 2.28. The van der Waals surface area contributed by atoms with E-state index < -0.39 is 15.8 Å². The summed E-state index contributed by atoms with van der Waals surface area (Å²) in [5.41, 5.74) is 0. The van der Waals surface area contributed by atoms with Gasteiger partial charge in [0.1, 0.15) is 10.7 Å². The average molecular weight is 321 g/mol. The number of rotatable bonds is 6. The molecule has 5 nitrogen and oxygen atoms in total. The summed E-state index contributed by atoms with van der Waals surface area (Å²) in [4.78, 5) is 11.2. The number of carbonyl (C=O) groups excluding carboxylic acids is 1. The van der Waals surface area contributed by atoms with Gasteiger partial charge in [-0.25, -0.2) is 17.5 Å². The van der Waals surface area contributed by atoms with Crippen molar-refractivity contribution >= 4 is 27.5 Å². The molecule has 8 heteroatoms. The van der Waals surface area contributed by atoms with Crippen LogP contribution in [0.2, 0.25) is 5.02 Å². The van der Waals surface area contributed by atoms with E-state index in [1.165, 1.54) is 0 Å². The highest BCUT2D eigenvalue weighted by molar-refractivity contribution is 7.89. The monoisotopic (exact) mass is 320 g/mol. The minimum absolute atomic E-state index is 0.0501. The number of halogens is 2. The maximum atomic E-state index is 12.9. The van der Waals surface area contributed by atoms with Gasteiger partial charge in [-0.2, -0.15) is 0 Å². The molecule has 1 aliphatic rings. The molecule has 0 bridgehead atoms. The van der Waals surface area contributed by atoms with Gasteiger partial charge in [-0.3, -0.25) is 4.79 Å². The third-order valence-electron chi connectivity index (χ3n) is 2.85. The molecule has 1 fully saturated rings. The SMILES string of the molecule is O=C(NCCNS(=O)(=O)c1ccc(F)cc1Cl)C1CC1. The first kappa shape index (κ1) is 15.2. The van der Waals surface area contributed by atoms with Crippen LogP contribution in [0, 0.1) is 11.7 Å². The van der Waals surface area contributed by atoms with Crippen molar-refractivity contribution in [2.45, 2.75) is 17.7 Å². The van der Waals surface area contributed by atoms with Crippen molar-refractivity contribution in [3.8, 4) is 0 Å². The molecule has 0 aliphatic heterocycles. The van der Waals surface area contributed by atoms with Gasteiger partial charge in [-0.05, 0) is 31.0 Å². The van der Waals surface area contributed by atoms with Gasteiger partial charge < -0.3 is 5.32 Å². The summed E-state index contributed by atoms with van der Waals surface area (Å²) in [5, 5.41) is 2.45. The average Bonchev–Trinajstić information content (AvgIpc) is 3.18. The summed E-state index contributed by atoms with van der Waals surface area (Å²) < 4.78 is 39.0. The number of amides is 1. The quantitative estimate of drug-likeness (QED) is 0.775. The van der Waals surface area contributed by atoms with Crippen molar-refractivity contribution in [2.75, 3.05) is 13.1 Å². The molecule has 0 aromatic heterocycles.